The first-order valence-electron chi connectivity index (χ1n) is 6.48. The van der Waals surface area contributed by atoms with Crippen LogP contribution in [0.15, 0.2) is 29.4 Å². The molecular formula is C14H23BN2O. The first kappa shape index (κ1) is 15.0. The van der Waals surface area contributed by atoms with Gasteiger partial charge in [0.25, 0.3) is 0 Å². The van der Waals surface area contributed by atoms with Crippen molar-refractivity contribution in [3.05, 3.63) is 24.4 Å². The molecule has 0 amide bonds. The third kappa shape index (κ3) is 4.33. The molecule has 1 aliphatic heterocycles. The number of hydrogen-bond donors (Lipinski definition) is 1. The fraction of sp³-hybridized carbons (Fsp3) is 0.643. The van der Waals surface area contributed by atoms with E-state index in [1.54, 1.807) is 6.08 Å². The van der Waals surface area contributed by atoms with Gasteiger partial charge in [-0.1, -0.05) is 33.4 Å². The Morgan fingerprint density at radius 3 is 2.67 bits per heavy atom. The van der Waals surface area contributed by atoms with Gasteiger partial charge in [0.2, 0.25) is 0 Å². The van der Waals surface area contributed by atoms with Gasteiger partial charge in [-0.15, -0.1) is 0 Å². The Morgan fingerprint density at radius 2 is 2.17 bits per heavy atom. The highest BCUT2D eigenvalue weighted by Gasteiger charge is 2.43. The zero-order valence-electron chi connectivity index (χ0n) is 11.8. The van der Waals surface area contributed by atoms with E-state index in [4.69, 9.17) is 12.6 Å². The van der Waals surface area contributed by atoms with Gasteiger partial charge < -0.3 is 10.1 Å². The topological polar surface area (TPSA) is 36.9 Å². The van der Waals surface area contributed by atoms with Gasteiger partial charge in [-0.05, 0) is 31.2 Å². The van der Waals surface area contributed by atoms with Crippen LogP contribution in [0.1, 0.15) is 27.7 Å². The number of nitrogens with zero attached hydrogens (tertiary/aromatic N) is 1. The Balaban J connectivity index is 2.49. The minimum atomic E-state index is -0.00217. The van der Waals surface area contributed by atoms with Crippen molar-refractivity contribution in [3.63, 3.8) is 0 Å². The quantitative estimate of drug-likeness (QED) is 0.257. The van der Waals surface area contributed by atoms with Gasteiger partial charge in [0.05, 0.1) is 7.85 Å². The van der Waals surface area contributed by atoms with E-state index in [1.165, 1.54) is 0 Å². The summed E-state index contributed by atoms with van der Waals surface area (Å²) in [6.45, 7) is 12.2. The van der Waals surface area contributed by atoms with Gasteiger partial charge in [-0.25, -0.2) is 4.99 Å². The molecule has 1 rings (SSSR count). The van der Waals surface area contributed by atoms with Crippen molar-refractivity contribution in [1.29, 1.82) is 0 Å². The molecule has 3 atom stereocenters. The smallest absolute Gasteiger partial charge is 0.177 e. The van der Waals surface area contributed by atoms with Crippen molar-refractivity contribution in [2.75, 3.05) is 0 Å². The minimum Gasteiger partial charge on any atom is -0.348 e. The maximum atomic E-state index is 5.60. The number of hydrogen-bond acceptors (Lipinski definition) is 2. The largest absolute Gasteiger partial charge is 0.348 e. The molecule has 1 saturated heterocycles. The predicted octanol–water partition coefficient (Wildman–Crippen LogP) is 2.67. The standard InChI is InChI=1S/C14H23BN2O/c1-6-7-12(8-15)16-11(5)17-14-13(18-14)10(4)9(2)3/h6-7,9-10,13-14H,1,8H2,2-5H3,(H,16,17)/b12-7-. The molecule has 0 spiro atoms. The molecular weight excluding hydrogens is 223 g/mol. The Hall–Kier alpha value is -1.03. The SMILES string of the molecule is [B]C/C(=C/C=C)NC(C)=NC1OC1C(C)C(C)C. The molecule has 98 valence electrons. The van der Waals surface area contributed by atoms with Crippen LogP contribution < -0.4 is 5.32 Å². The molecule has 18 heavy (non-hydrogen) atoms. The summed E-state index contributed by atoms with van der Waals surface area (Å²) in [6, 6.07) is 0. The second kappa shape index (κ2) is 6.79. The number of allylic oxidation sites excluding steroid dienone is 3. The van der Waals surface area contributed by atoms with E-state index in [1.807, 2.05) is 13.0 Å². The molecule has 3 nitrogen and oxygen atoms in total. The lowest BCUT2D eigenvalue weighted by molar-refractivity contribution is 0.284. The summed E-state index contributed by atoms with van der Waals surface area (Å²) >= 11 is 0. The zero-order chi connectivity index (χ0) is 13.7. The molecule has 0 bridgehead atoms. The van der Waals surface area contributed by atoms with Crippen molar-refractivity contribution < 1.29 is 4.74 Å². The summed E-state index contributed by atoms with van der Waals surface area (Å²) in [7, 11) is 5.60. The molecule has 3 unspecified atom stereocenters. The van der Waals surface area contributed by atoms with E-state index < -0.39 is 0 Å². The van der Waals surface area contributed by atoms with E-state index in [-0.39, 0.29) is 12.3 Å². The number of ether oxygens (including phenoxy) is 1. The van der Waals surface area contributed by atoms with Crippen LogP contribution in [0.2, 0.25) is 6.32 Å². The number of epoxide rings is 1. The summed E-state index contributed by atoms with van der Waals surface area (Å²) in [6.07, 6.45) is 4.25. The van der Waals surface area contributed by atoms with Gasteiger partial charge in [-0.2, -0.15) is 0 Å². The highest BCUT2D eigenvalue weighted by molar-refractivity contribution is 6.10. The third-order valence-corrected chi connectivity index (χ3v) is 3.27. The van der Waals surface area contributed by atoms with Crippen LogP contribution >= 0.6 is 0 Å². The second-order valence-corrected chi connectivity index (χ2v) is 5.07. The van der Waals surface area contributed by atoms with Crippen molar-refractivity contribution in [3.8, 4) is 0 Å². The predicted molar refractivity (Wildman–Crippen MR) is 77.7 cm³/mol. The fourth-order valence-electron chi connectivity index (χ4n) is 1.74. The third-order valence-electron chi connectivity index (χ3n) is 3.27. The first-order chi connectivity index (χ1) is 8.49. The summed E-state index contributed by atoms with van der Waals surface area (Å²) in [5.41, 5.74) is 0.903. The molecule has 4 heteroatoms. The maximum Gasteiger partial charge on any atom is 0.177 e. The molecule has 1 aliphatic rings. The molecule has 2 radical (unpaired) electrons. The fourth-order valence-corrected chi connectivity index (χ4v) is 1.74. The minimum absolute atomic E-state index is 0.00217. The van der Waals surface area contributed by atoms with E-state index in [9.17, 15) is 0 Å². The average molecular weight is 246 g/mol. The molecule has 1 fully saturated rings. The van der Waals surface area contributed by atoms with Gasteiger partial charge in [0, 0.05) is 5.70 Å². The monoisotopic (exact) mass is 246 g/mol. The van der Waals surface area contributed by atoms with Crippen molar-refractivity contribution >= 4 is 13.7 Å². The summed E-state index contributed by atoms with van der Waals surface area (Å²) in [5.74, 6) is 1.98. The van der Waals surface area contributed by atoms with Gasteiger partial charge >= 0.3 is 0 Å². The number of amidine groups is 1. The van der Waals surface area contributed by atoms with Crippen LogP contribution in [0, 0.1) is 11.8 Å². The summed E-state index contributed by atoms with van der Waals surface area (Å²) in [4.78, 5) is 4.50. The molecule has 0 aromatic heterocycles. The van der Waals surface area contributed by atoms with E-state index in [2.05, 4.69) is 37.7 Å². The van der Waals surface area contributed by atoms with Crippen LogP contribution in [-0.2, 0) is 4.74 Å². The van der Waals surface area contributed by atoms with Crippen LogP contribution in [-0.4, -0.2) is 26.0 Å². The van der Waals surface area contributed by atoms with Crippen LogP contribution in [0.25, 0.3) is 0 Å². The Labute approximate surface area is 112 Å². The van der Waals surface area contributed by atoms with Gasteiger partial charge in [-0.3, -0.25) is 0 Å². The number of aliphatic imine (C=N–C) groups is 1. The van der Waals surface area contributed by atoms with Crippen LogP contribution in [0.5, 0.6) is 0 Å². The summed E-state index contributed by atoms with van der Waals surface area (Å²) in [5, 5.41) is 3.16. The van der Waals surface area contributed by atoms with E-state index in [0.717, 1.165) is 11.5 Å². The first-order valence-corrected chi connectivity index (χ1v) is 6.48. The lowest BCUT2D eigenvalue weighted by Gasteiger charge is -2.11. The Kier molecular flexibility index (Phi) is 5.67. The molecule has 0 saturated carbocycles. The van der Waals surface area contributed by atoms with Crippen molar-refractivity contribution in [2.24, 2.45) is 16.8 Å². The average Bonchev–Trinajstić information content (AvgIpc) is 3.06. The number of nitrogens with one attached hydrogen (secondary N) is 1. The van der Waals surface area contributed by atoms with Crippen molar-refractivity contribution in [2.45, 2.75) is 46.3 Å². The molecule has 1 heterocycles. The van der Waals surface area contributed by atoms with Gasteiger partial charge in [0.15, 0.2) is 6.23 Å². The second-order valence-electron chi connectivity index (χ2n) is 5.07. The molecule has 0 aromatic carbocycles. The molecule has 1 N–H and O–H groups in total. The zero-order valence-corrected chi connectivity index (χ0v) is 11.8. The van der Waals surface area contributed by atoms with Crippen LogP contribution in [0.4, 0.5) is 0 Å². The normalized spacial score (nSPS) is 26.1. The summed E-state index contributed by atoms with van der Waals surface area (Å²) < 4.78 is 5.59. The molecule has 0 aliphatic carbocycles. The maximum absolute atomic E-state index is 5.60. The highest BCUT2D eigenvalue weighted by atomic mass is 16.6. The number of rotatable bonds is 6. The Bertz CT molecular complexity index is 350. The van der Waals surface area contributed by atoms with Crippen LogP contribution in [0.3, 0.4) is 0 Å². The highest BCUT2D eigenvalue weighted by Crippen LogP contribution is 2.34. The van der Waals surface area contributed by atoms with E-state index >= 15 is 0 Å². The van der Waals surface area contributed by atoms with Gasteiger partial charge in [0.1, 0.15) is 11.9 Å². The lowest BCUT2D eigenvalue weighted by atomic mass is 9.94. The van der Waals surface area contributed by atoms with E-state index in [0.29, 0.717) is 18.2 Å². The van der Waals surface area contributed by atoms with Crippen molar-refractivity contribution in [1.82, 2.24) is 5.32 Å². The lowest BCUT2D eigenvalue weighted by Crippen LogP contribution is -2.21. The Morgan fingerprint density at radius 1 is 1.50 bits per heavy atom. The molecule has 0 aromatic rings.